The molecule has 5 heteroatoms. The number of carbonyl (C=O) groups excluding carboxylic acids is 1. The summed E-state index contributed by atoms with van der Waals surface area (Å²) in [5.41, 5.74) is 0.653. The summed E-state index contributed by atoms with van der Waals surface area (Å²) < 4.78 is 20.9. The number of esters is 1. The number of benzene rings is 1. The molecule has 1 aromatic carbocycles. The third-order valence-corrected chi connectivity index (χ3v) is 2.73. The first-order valence-electron chi connectivity index (χ1n) is 6.80. The van der Waals surface area contributed by atoms with Crippen LogP contribution in [-0.4, -0.2) is 25.8 Å². The van der Waals surface area contributed by atoms with E-state index in [1.165, 1.54) is 6.26 Å². The first-order chi connectivity index (χ1) is 10.3. The molecule has 0 fully saturated rings. The molecule has 1 aromatic heterocycles. The third kappa shape index (κ3) is 4.65. The van der Waals surface area contributed by atoms with Crippen molar-refractivity contribution in [1.29, 1.82) is 0 Å². The standard InChI is InChI=1S/C16H18O5/c1-2-18-10-11-20-16(17)15-13(8-9-19-15)12-21-14-6-4-3-5-7-14/h3-9H,2,10-12H2,1H3. The maximum atomic E-state index is 11.9. The smallest absolute Gasteiger partial charge is 0.374 e. The first kappa shape index (κ1) is 15.1. The molecule has 0 amide bonds. The molecule has 1 heterocycles. The second kappa shape index (κ2) is 8.11. The molecule has 2 rings (SSSR count). The Labute approximate surface area is 123 Å². The molecule has 0 atom stereocenters. The molecular weight excluding hydrogens is 272 g/mol. The number of hydrogen-bond acceptors (Lipinski definition) is 5. The normalized spacial score (nSPS) is 10.3. The number of furan rings is 1. The number of para-hydroxylation sites is 1. The van der Waals surface area contributed by atoms with Gasteiger partial charge < -0.3 is 18.6 Å². The average molecular weight is 290 g/mol. The van der Waals surface area contributed by atoms with Crippen molar-refractivity contribution < 1.29 is 23.4 Å². The Balaban J connectivity index is 1.87. The van der Waals surface area contributed by atoms with E-state index in [0.29, 0.717) is 18.8 Å². The maximum Gasteiger partial charge on any atom is 0.374 e. The lowest BCUT2D eigenvalue weighted by Gasteiger charge is -2.07. The largest absolute Gasteiger partial charge is 0.489 e. The van der Waals surface area contributed by atoms with E-state index >= 15 is 0 Å². The van der Waals surface area contributed by atoms with Crippen molar-refractivity contribution in [2.75, 3.05) is 19.8 Å². The van der Waals surface area contributed by atoms with E-state index in [1.54, 1.807) is 6.07 Å². The number of hydrogen-bond donors (Lipinski definition) is 0. The zero-order chi connectivity index (χ0) is 14.9. The summed E-state index contributed by atoms with van der Waals surface area (Å²) in [5, 5.41) is 0. The molecule has 0 bridgehead atoms. The van der Waals surface area contributed by atoms with Crippen molar-refractivity contribution in [3.63, 3.8) is 0 Å². The van der Waals surface area contributed by atoms with Gasteiger partial charge in [0.25, 0.3) is 0 Å². The lowest BCUT2D eigenvalue weighted by molar-refractivity contribution is 0.0301. The fourth-order valence-corrected chi connectivity index (χ4v) is 1.71. The molecule has 0 aliphatic rings. The Morgan fingerprint density at radius 3 is 2.71 bits per heavy atom. The van der Waals surface area contributed by atoms with Gasteiger partial charge in [0, 0.05) is 12.2 Å². The number of ether oxygens (including phenoxy) is 3. The first-order valence-corrected chi connectivity index (χ1v) is 6.80. The van der Waals surface area contributed by atoms with Crippen LogP contribution in [-0.2, 0) is 16.1 Å². The molecule has 0 aliphatic heterocycles. The van der Waals surface area contributed by atoms with Gasteiger partial charge in [-0.05, 0) is 25.1 Å². The zero-order valence-corrected chi connectivity index (χ0v) is 11.9. The van der Waals surface area contributed by atoms with Crippen LogP contribution in [0, 0.1) is 0 Å². The minimum Gasteiger partial charge on any atom is -0.489 e. The van der Waals surface area contributed by atoms with Crippen LogP contribution < -0.4 is 4.74 Å². The summed E-state index contributed by atoms with van der Waals surface area (Å²) in [4.78, 5) is 11.9. The van der Waals surface area contributed by atoms with Gasteiger partial charge in [-0.3, -0.25) is 0 Å². The predicted octanol–water partition coefficient (Wildman–Crippen LogP) is 3.05. The molecule has 0 saturated heterocycles. The van der Waals surface area contributed by atoms with E-state index in [0.717, 1.165) is 5.75 Å². The fourth-order valence-electron chi connectivity index (χ4n) is 1.71. The number of carbonyl (C=O) groups is 1. The van der Waals surface area contributed by atoms with Crippen molar-refractivity contribution in [3.8, 4) is 5.75 Å². The lowest BCUT2D eigenvalue weighted by atomic mass is 10.2. The summed E-state index contributed by atoms with van der Waals surface area (Å²) in [7, 11) is 0. The van der Waals surface area contributed by atoms with Crippen LogP contribution in [0.25, 0.3) is 0 Å². The Morgan fingerprint density at radius 1 is 1.14 bits per heavy atom. The van der Waals surface area contributed by atoms with E-state index in [2.05, 4.69) is 0 Å². The van der Waals surface area contributed by atoms with Gasteiger partial charge in [0.05, 0.1) is 12.9 Å². The summed E-state index contributed by atoms with van der Waals surface area (Å²) in [6.45, 7) is 3.30. The highest BCUT2D eigenvalue weighted by Gasteiger charge is 2.17. The SMILES string of the molecule is CCOCCOC(=O)c1occc1COc1ccccc1. The van der Waals surface area contributed by atoms with Gasteiger partial charge in [-0.1, -0.05) is 18.2 Å². The molecule has 0 radical (unpaired) electrons. The van der Waals surface area contributed by atoms with Crippen LogP contribution in [0.15, 0.2) is 47.1 Å². The van der Waals surface area contributed by atoms with E-state index in [1.807, 2.05) is 37.3 Å². The molecular formula is C16H18O5. The van der Waals surface area contributed by atoms with Crippen LogP contribution in [0.2, 0.25) is 0 Å². The third-order valence-electron chi connectivity index (χ3n) is 2.73. The van der Waals surface area contributed by atoms with E-state index in [4.69, 9.17) is 18.6 Å². The summed E-state index contributed by atoms with van der Waals surface area (Å²) >= 11 is 0. The molecule has 5 nitrogen and oxygen atoms in total. The zero-order valence-electron chi connectivity index (χ0n) is 11.9. The van der Waals surface area contributed by atoms with Gasteiger partial charge >= 0.3 is 5.97 Å². The topological polar surface area (TPSA) is 57.9 Å². The van der Waals surface area contributed by atoms with Crippen molar-refractivity contribution in [1.82, 2.24) is 0 Å². The average Bonchev–Trinajstić information content (AvgIpc) is 2.99. The quantitative estimate of drug-likeness (QED) is 0.552. The highest BCUT2D eigenvalue weighted by Crippen LogP contribution is 2.16. The van der Waals surface area contributed by atoms with Gasteiger partial charge in [0.15, 0.2) is 0 Å². The van der Waals surface area contributed by atoms with Crippen LogP contribution in [0.5, 0.6) is 5.75 Å². The van der Waals surface area contributed by atoms with Crippen LogP contribution >= 0.6 is 0 Å². The van der Waals surface area contributed by atoms with Crippen LogP contribution in [0.3, 0.4) is 0 Å². The van der Waals surface area contributed by atoms with Crippen LogP contribution in [0.4, 0.5) is 0 Å². The predicted molar refractivity (Wildman–Crippen MR) is 76.3 cm³/mol. The Bertz CT molecular complexity index is 547. The van der Waals surface area contributed by atoms with Gasteiger partial charge in [-0.2, -0.15) is 0 Å². The van der Waals surface area contributed by atoms with Crippen molar-refractivity contribution in [3.05, 3.63) is 54.0 Å². The minimum atomic E-state index is -0.508. The molecule has 0 unspecified atom stereocenters. The second-order valence-electron chi connectivity index (χ2n) is 4.21. The summed E-state index contributed by atoms with van der Waals surface area (Å²) in [6.07, 6.45) is 1.45. The Kier molecular flexibility index (Phi) is 5.84. The van der Waals surface area contributed by atoms with Crippen molar-refractivity contribution >= 4 is 5.97 Å². The van der Waals surface area contributed by atoms with Crippen molar-refractivity contribution in [2.24, 2.45) is 0 Å². The molecule has 0 aliphatic carbocycles. The molecule has 0 saturated carbocycles. The summed E-state index contributed by atoms with van der Waals surface area (Å²) in [6, 6.07) is 11.1. The lowest BCUT2D eigenvalue weighted by Crippen LogP contribution is -2.12. The molecule has 21 heavy (non-hydrogen) atoms. The molecule has 0 N–H and O–H groups in total. The van der Waals surface area contributed by atoms with Gasteiger partial charge in [0.2, 0.25) is 5.76 Å². The van der Waals surface area contributed by atoms with E-state index < -0.39 is 5.97 Å². The van der Waals surface area contributed by atoms with E-state index in [-0.39, 0.29) is 19.0 Å². The highest BCUT2D eigenvalue weighted by molar-refractivity contribution is 5.87. The summed E-state index contributed by atoms with van der Waals surface area (Å²) in [5.74, 6) is 0.392. The molecule has 112 valence electrons. The monoisotopic (exact) mass is 290 g/mol. The maximum absolute atomic E-state index is 11.9. The van der Waals surface area contributed by atoms with Gasteiger partial charge in [-0.25, -0.2) is 4.79 Å². The Hall–Kier alpha value is -2.27. The second-order valence-corrected chi connectivity index (χ2v) is 4.21. The fraction of sp³-hybridized carbons (Fsp3) is 0.312. The Morgan fingerprint density at radius 2 is 1.95 bits per heavy atom. The van der Waals surface area contributed by atoms with Gasteiger partial charge in [-0.15, -0.1) is 0 Å². The number of rotatable bonds is 8. The molecule has 2 aromatic rings. The van der Waals surface area contributed by atoms with Crippen molar-refractivity contribution in [2.45, 2.75) is 13.5 Å². The van der Waals surface area contributed by atoms with Crippen LogP contribution in [0.1, 0.15) is 23.0 Å². The minimum absolute atomic E-state index is 0.169. The van der Waals surface area contributed by atoms with Gasteiger partial charge in [0.1, 0.15) is 19.0 Å². The highest BCUT2D eigenvalue weighted by atomic mass is 16.6. The molecule has 0 spiro atoms. The van der Waals surface area contributed by atoms with E-state index in [9.17, 15) is 4.79 Å².